The molecule has 0 saturated heterocycles. The second-order valence-electron chi connectivity index (χ2n) is 6.80. The van der Waals surface area contributed by atoms with E-state index in [1.165, 1.54) is 27.7 Å². The van der Waals surface area contributed by atoms with Gasteiger partial charge in [-0.05, 0) is 29.2 Å². The van der Waals surface area contributed by atoms with Crippen molar-refractivity contribution in [1.29, 1.82) is 0 Å². The third-order valence-corrected chi connectivity index (χ3v) is 4.70. The van der Waals surface area contributed by atoms with Crippen LogP contribution in [0.4, 0.5) is 5.69 Å². The van der Waals surface area contributed by atoms with Crippen LogP contribution in [0.2, 0.25) is 0 Å². The van der Waals surface area contributed by atoms with Crippen LogP contribution in [0.25, 0.3) is 16.3 Å². The quantitative estimate of drug-likeness (QED) is 0.656. The van der Waals surface area contributed by atoms with Gasteiger partial charge in [0.1, 0.15) is 11.4 Å². The molecule has 0 fully saturated rings. The average molecular weight is 266 g/mol. The third-order valence-electron chi connectivity index (χ3n) is 4.70. The van der Waals surface area contributed by atoms with Gasteiger partial charge in [-0.2, -0.15) is 0 Å². The maximum atomic E-state index is 2.31. The van der Waals surface area contributed by atoms with Crippen molar-refractivity contribution in [3.05, 3.63) is 47.7 Å². The summed E-state index contributed by atoms with van der Waals surface area (Å²) in [6, 6.07) is 13.4. The molecule has 1 aliphatic rings. The molecule has 0 saturated carbocycles. The minimum atomic E-state index is 0.685. The second kappa shape index (κ2) is 4.46. The molecule has 1 nitrogen and oxygen atoms in total. The molecule has 1 heteroatoms. The lowest BCUT2D eigenvalue weighted by Gasteiger charge is -2.26. The molecule has 0 atom stereocenters. The maximum absolute atomic E-state index is 2.31. The van der Waals surface area contributed by atoms with E-state index in [9.17, 15) is 0 Å². The Bertz CT molecular complexity index is 705. The number of nitrogens with zero attached hydrogens (tertiary/aromatic N) is 1. The summed E-state index contributed by atoms with van der Waals surface area (Å²) in [6.45, 7) is 6.92. The van der Waals surface area contributed by atoms with Crippen LogP contribution in [0.15, 0.2) is 42.1 Å². The fourth-order valence-electron chi connectivity index (χ4n) is 3.40. The Balaban J connectivity index is 2.35. The highest BCUT2D eigenvalue weighted by molar-refractivity contribution is 6.02. The van der Waals surface area contributed by atoms with Crippen molar-refractivity contribution in [3.63, 3.8) is 0 Å². The average Bonchev–Trinajstić information content (AvgIpc) is 2.60. The van der Waals surface area contributed by atoms with E-state index in [-0.39, 0.29) is 0 Å². The minimum Gasteiger partial charge on any atom is -0.267 e. The van der Waals surface area contributed by atoms with Crippen molar-refractivity contribution >= 4 is 22.0 Å². The van der Waals surface area contributed by atoms with Crippen LogP contribution in [-0.4, -0.2) is 14.1 Å². The highest BCUT2D eigenvalue weighted by atomic mass is 15.3. The Morgan fingerprint density at radius 2 is 1.70 bits per heavy atom. The van der Waals surface area contributed by atoms with Gasteiger partial charge in [-0.1, -0.05) is 38.1 Å². The number of hydrogen-bond acceptors (Lipinski definition) is 0. The number of benzene rings is 2. The van der Waals surface area contributed by atoms with Gasteiger partial charge in [-0.15, -0.1) is 0 Å². The van der Waals surface area contributed by atoms with Crippen LogP contribution in [0.5, 0.6) is 0 Å². The van der Waals surface area contributed by atoms with Gasteiger partial charge in [0.05, 0.1) is 19.7 Å². The van der Waals surface area contributed by atoms with Gasteiger partial charge in [0.2, 0.25) is 0 Å². The van der Waals surface area contributed by atoms with Gasteiger partial charge in [0, 0.05) is 18.6 Å². The molecule has 0 spiro atoms. The first-order valence-corrected chi connectivity index (χ1v) is 7.50. The molecule has 2 aromatic carbocycles. The van der Waals surface area contributed by atoms with E-state index >= 15 is 0 Å². The first kappa shape index (κ1) is 13.4. The fraction of sp³-hybridized carbons (Fsp3) is 0.368. The second-order valence-corrected chi connectivity index (χ2v) is 6.80. The zero-order valence-electron chi connectivity index (χ0n) is 13.2. The first-order valence-electron chi connectivity index (χ1n) is 7.50. The number of hydrogen-bond donors (Lipinski definition) is 0. The van der Waals surface area contributed by atoms with Crippen molar-refractivity contribution in [2.45, 2.75) is 27.2 Å². The number of rotatable bonds is 2. The molecule has 0 amide bonds. The molecule has 0 radical (unpaired) electrons. The predicted molar refractivity (Wildman–Crippen MR) is 89.6 cm³/mol. The van der Waals surface area contributed by atoms with Gasteiger partial charge >= 0.3 is 0 Å². The van der Waals surface area contributed by atoms with E-state index in [0.29, 0.717) is 5.92 Å². The van der Waals surface area contributed by atoms with E-state index < -0.39 is 0 Å². The van der Waals surface area contributed by atoms with Crippen molar-refractivity contribution < 1.29 is 0 Å². The largest absolute Gasteiger partial charge is 0.267 e. The lowest BCUT2D eigenvalue weighted by Crippen LogP contribution is -2.36. The first-order chi connectivity index (χ1) is 9.43. The molecule has 3 rings (SSSR count). The summed E-state index contributed by atoms with van der Waals surface area (Å²) in [4.78, 5) is 0. The van der Waals surface area contributed by atoms with Crippen LogP contribution in [0.1, 0.15) is 32.8 Å². The maximum Gasteiger partial charge on any atom is 0.145 e. The van der Waals surface area contributed by atoms with Crippen molar-refractivity contribution in [3.8, 4) is 0 Å². The van der Waals surface area contributed by atoms with Crippen molar-refractivity contribution in [2.75, 3.05) is 14.1 Å². The normalized spacial score (nSPS) is 17.1. The van der Waals surface area contributed by atoms with E-state index in [0.717, 1.165) is 10.9 Å². The zero-order chi connectivity index (χ0) is 14.5. The fourth-order valence-corrected chi connectivity index (χ4v) is 3.40. The van der Waals surface area contributed by atoms with E-state index in [1.54, 1.807) is 5.57 Å². The summed E-state index contributed by atoms with van der Waals surface area (Å²) in [7, 11) is 4.60. The summed E-state index contributed by atoms with van der Waals surface area (Å²) >= 11 is 0. The molecular formula is C19H24N+. The minimum absolute atomic E-state index is 0.685. The van der Waals surface area contributed by atoms with Crippen LogP contribution in [-0.2, 0) is 0 Å². The molecule has 2 aromatic rings. The summed E-state index contributed by atoms with van der Waals surface area (Å²) < 4.78 is 0.891. The Kier molecular flexibility index (Phi) is 2.98. The zero-order valence-corrected chi connectivity index (χ0v) is 13.2. The molecule has 0 bridgehead atoms. The number of quaternary nitrogens is 1. The summed E-state index contributed by atoms with van der Waals surface area (Å²) in [5, 5.41) is 2.76. The topological polar surface area (TPSA) is 0 Å². The Morgan fingerprint density at radius 3 is 2.40 bits per heavy atom. The van der Waals surface area contributed by atoms with Crippen LogP contribution in [0, 0.1) is 5.92 Å². The lowest BCUT2D eigenvalue weighted by atomic mass is 9.92. The van der Waals surface area contributed by atoms with Gasteiger partial charge in [0.15, 0.2) is 0 Å². The summed E-state index contributed by atoms with van der Waals surface area (Å²) in [6.07, 6.45) is 1.16. The Morgan fingerprint density at radius 1 is 1.00 bits per heavy atom. The predicted octanol–water partition coefficient (Wildman–Crippen LogP) is 5.20. The van der Waals surface area contributed by atoms with E-state index in [1.807, 2.05) is 0 Å². The molecule has 1 aliphatic heterocycles. The van der Waals surface area contributed by atoms with Gasteiger partial charge < -0.3 is 0 Å². The van der Waals surface area contributed by atoms with Gasteiger partial charge in [-0.25, -0.2) is 0 Å². The van der Waals surface area contributed by atoms with Crippen molar-refractivity contribution in [2.24, 2.45) is 5.92 Å². The lowest BCUT2D eigenvalue weighted by molar-refractivity contribution is 0.505. The molecule has 104 valence electrons. The third kappa shape index (κ3) is 1.81. The molecule has 0 N–H and O–H groups in total. The Labute approximate surface area is 122 Å². The van der Waals surface area contributed by atoms with Crippen LogP contribution >= 0.6 is 0 Å². The number of allylic oxidation sites excluding steroid dienone is 2. The molecule has 0 aromatic heterocycles. The molecule has 0 unspecified atom stereocenters. The molecular weight excluding hydrogens is 242 g/mol. The number of fused-ring (bicyclic) bond motifs is 3. The Hall–Kier alpha value is -1.60. The summed E-state index contributed by atoms with van der Waals surface area (Å²) in [5.41, 5.74) is 5.97. The van der Waals surface area contributed by atoms with Gasteiger partial charge in [-0.3, -0.25) is 4.48 Å². The standard InChI is InChI=1S/C19H24N/c1-13(2)12-17-14(3)20(4,5)18-11-10-15-8-6-7-9-16(15)19(17)18/h6-11,13H,12H2,1-5H3/q+1. The monoisotopic (exact) mass is 266 g/mol. The highest BCUT2D eigenvalue weighted by Gasteiger charge is 2.37. The molecule has 20 heavy (non-hydrogen) atoms. The van der Waals surface area contributed by atoms with Gasteiger partial charge in [0.25, 0.3) is 0 Å². The van der Waals surface area contributed by atoms with Crippen molar-refractivity contribution in [1.82, 2.24) is 4.48 Å². The SMILES string of the molecule is CC1=C(CC(C)C)c2c(ccc3ccccc23)[N+]1(C)C. The smallest absolute Gasteiger partial charge is 0.145 e. The molecule has 1 heterocycles. The van der Waals surface area contributed by atoms with Crippen LogP contribution in [0.3, 0.4) is 0 Å². The van der Waals surface area contributed by atoms with Crippen LogP contribution < -0.4 is 4.48 Å². The van der Waals surface area contributed by atoms with E-state index in [2.05, 4.69) is 71.3 Å². The van der Waals surface area contributed by atoms with E-state index in [4.69, 9.17) is 0 Å². The highest BCUT2D eigenvalue weighted by Crippen LogP contribution is 2.48. The summed E-state index contributed by atoms with van der Waals surface area (Å²) in [5.74, 6) is 0.685. The molecule has 0 aliphatic carbocycles.